The average molecular weight is 469 g/mol. The molecule has 1 aliphatic rings. The van der Waals surface area contributed by atoms with Gasteiger partial charge in [-0.1, -0.05) is 55.5 Å². The van der Waals surface area contributed by atoms with Crippen LogP contribution in [0.1, 0.15) is 47.1 Å². The molecule has 1 aromatic carbocycles. The average Bonchev–Trinajstić information content (AvgIpc) is 3.44. The normalized spacial score (nSPS) is 16.3. The lowest BCUT2D eigenvalue weighted by Crippen LogP contribution is -2.35. The van der Waals surface area contributed by atoms with Crippen molar-refractivity contribution in [3.05, 3.63) is 51.3 Å². The van der Waals surface area contributed by atoms with Crippen LogP contribution >= 0.6 is 22.7 Å². The van der Waals surface area contributed by atoms with E-state index < -0.39 is 5.92 Å². The molecule has 2 N–H and O–H groups in total. The second-order valence-electron chi connectivity index (χ2n) is 7.83. The highest BCUT2D eigenvalue weighted by Crippen LogP contribution is 2.32. The van der Waals surface area contributed by atoms with Crippen LogP contribution in [0.3, 0.4) is 0 Å². The van der Waals surface area contributed by atoms with Crippen molar-refractivity contribution in [1.29, 1.82) is 0 Å². The molecule has 9 heteroatoms. The molecule has 0 fully saturated rings. The summed E-state index contributed by atoms with van der Waals surface area (Å²) in [4.78, 5) is 47.0. The first-order valence-electron chi connectivity index (χ1n) is 10.6. The number of benzene rings is 1. The SMILES string of the molecule is CC[C@H](C)C(=O)Nc1nc2c(s1)C(=O)C[C@@H](C(=O)NCc1nc(-c3ccccc3)cs1)C2. The smallest absolute Gasteiger partial charge is 0.228 e. The van der Waals surface area contributed by atoms with Gasteiger partial charge in [0.05, 0.1) is 28.7 Å². The molecule has 1 aliphatic carbocycles. The number of hydrogen-bond acceptors (Lipinski definition) is 7. The Bertz CT molecular complexity index is 1140. The van der Waals surface area contributed by atoms with Crippen LogP contribution < -0.4 is 10.6 Å². The number of anilines is 1. The summed E-state index contributed by atoms with van der Waals surface area (Å²) in [6, 6.07) is 9.87. The van der Waals surface area contributed by atoms with Gasteiger partial charge in [0.25, 0.3) is 0 Å². The third-order valence-corrected chi connectivity index (χ3v) is 7.42. The molecule has 0 saturated carbocycles. The molecule has 166 valence electrons. The number of ketones is 1. The van der Waals surface area contributed by atoms with Crippen LogP contribution in [0.4, 0.5) is 5.13 Å². The topological polar surface area (TPSA) is 101 Å². The maximum Gasteiger partial charge on any atom is 0.228 e. The molecule has 0 aliphatic heterocycles. The van der Waals surface area contributed by atoms with Crippen LogP contribution in [-0.2, 0) is 22.6 Å². The second kappa shape index (κ2) is 9.70. The minimum absolute atomic E-state index is 0.103. The monoisotopic (exact) mass is 468 g/mol. The van der Waals surface area contributed by atoms with Gasteiger partial charge in [0.2, 0.25) is 11.8 Å². The van der Waals surface area contributed by atoms with E-state index in [1.807, 2.05) is 49.6 Å². The van der Waals surface area contributed by atoms with Gasteiger partial charge in [0.1, 0.15) is 5.01 Å². The van der Waals surface area contributed by atoms with E-state index in [0.29, 0.717) is 28.7 Å². The number of carbonyl (C=O) groups excluding carboxylic acids is 3. The van der Waals surface area contributed by atoms with E-state index >= 15 is 0 Å². The highest BCUT2D eigenvalue weighted by atomic mass is 32.1. The van der Waals surface area contributed by atoms with Gasteiger partial charge in [0.15, 0.2) is 10.9 Å². The van der Waals surface area contributed by atoms with Crippen molar-refractivity contribution in [1.82, 2.24) is 15.3 Å². The number of carbonyl (C=O) groups is 3. The summed E-state index contributed by atoms with van der Waals surface area (Å²) in [5, 5.41) is 8.90. The van der Waals surface area contributed by atoms with Gasteiger partial charge in [0, 0.05) is 29.7 Å². The highest BCUT2D eigenvalue weighted by Gasteiger charge is 2.33. The molecule has 0 radical (unpaired) electrons. The highest BCUT2D eigenvalue weighted by molar-refractivity contribution is 7.17. The Morgan fingerprint density at radius 1 is 1.19 bits per heavy atom. The summed E-state index contributed by atoms with van der Waals surface area (Å²) in [6.07, 6.45) is 1.26. The van der Waals surface area contributed by atoms with Gasteiger partial charge in [-0.25, -0.2) is 9.97 Å². The Labute approximate surface area is 194 Å². The summed E-state index contributed by atoms with van der Waals surface area (Å²) < 4.78 is 0. The fourth-order valence-corrected chi connectivity index (χ4v) is 5.11. The molecule has 32 heavy (non-hydrogen) atoms. The predicted molar refractivity (Wildman–Crippen MR) is 126 cm³/mol. The maximum absolute atomic E-state index is 12.7. The van der Waals surface area contributed by atoms with Crippen molar-refractivity contribution < 1.29 is 14.4 Å². The van der Waals surface area contributed by atoms with Gasteiger partial charge in [-0.2, -0.15) is 0 Å². The Morgan fingerprint density at radius 2 is 1.97 bits per heavy atom. The standard InChI is InChI=1S/C23H24N4O3S2/c1-3-13(2)21(29)27-23-26-16-9-15(10-18(28)20(16)32-23)22(30)24-11-19-25-17(12-31-19)14-7-5-4-6-8-14/h4-8,12-13,15H,3,9-11H2,1-2H3,(H,24,30)(H,26,27,29)/t13-,15-/m0/s1. The zero-order chi connectivity index (χ0) is 22.7. The molecular weight excluding hydrogens is 444 g/mol. The molecule has 2 heterocycles. The Morgan fingerprint density at radius 3 is 2.72 bits per heavy atom. The first kappa shape index (κ1) is 22.3. The number of nitrogens with zero attached hydrogens (tertiary/aromatic N) is 2. The molecular formula is C23H24N4O3S2. The van der Waals surface area contributed by atoms with Gasteiger partial charge in [-0.3, -0.25) is 14.4 Å². The molecule has 2 amide bonds. The van der Waals surface area contributed by atoms with E-state index in [9.17, 15) is 14.4 Å². The van der Waals surface area contributed by atoms with Crippen molar-refractivity contribution in [2.45, 2.75) is 39.7 Å². The number of rotatable bonds is 7. The van der Waals surface area contributed by atoms with Gasteiger partial charge < -0.3 is 10.6 Å². The Balaban J connectivity index is 1.36. The molecule has 3 aromatic rings. The van der Waals surface area contributed by atoms with E-state index in [-0.39, 0.29) is 29.9 Å². The maximum atomic E-state index is 12.7. The number of Topliss-reactive ketones (excluding diaryl/α,β-unsaturated/α-hetero) is 1. The van der Waals surface area contributed by atoms with Crippen molar-refractivity contribution in [2.75, 3.05) is 5.32 Å². The number of aromatic nitrogens is 2. The predicted octanol–water partition coefficient (Wildman–Crippen LogP) is 4.31. The molecule has 7 nitrogen and oxygen atoms in total. The van der Waals surface area contributed by atoms with E-state index in [4.69, 9.17) is 0 Å². The molecule has 2 atom stereocenters. The molecule has 0 unspecified atom stereocenters. The summed E-state index contributed by atoms with van der Waals surface area (Å²) >= 11 is 2.68. The summed E-state index contributed by atoms with van der Waals surface area (Å²) in [5.74, 6) is -0.993. The van der Waals surface area contributed by atoms with Crippen molar-refractivity contribution in [3.8, 4) is 11.3 Å². The fraction of sp³-hybridized carbons (Fsp3) is 0.348. The number of fused-ring (bicyclic) bond motifs is 1. The van der Waals surface area contributed by atoms with E-state index in [2.05, 4.69) is 20.6 Å². The zero-order valence-corrected chi connectivity index (χ0v) is 19.5. The lowest BCUT2D eigenvalue weighted by molar-refractivity contribution is -0.125. The largest absolute Gasteiger partial charge is 0.349 e. The quantitative estimate of drug-likeness (QED) is 0.538. The van der Waals surface area contributed by atoms with Crippen LogP contribution in [0, 0.1) is 11.8 Å². The van der Waals surface area contributed by atoms with Crippen molar-refractivity contribution in [3.63, 3.8) is 0 Å². The number of nitrogens with one attached hydrogen (secondary N) is 2. The molecule has 2 aromatic heterocycles. The molecule has 4 rings (SSSR count). The number of hydrogen-bond donors (Lipinski definition) is 2. The van der Waals surface area contributed by atoms with Crippen LogP contribution in [-0.4, -0.2) is 27.6 Å². The van der Waals surface area contributed by atoms with Crippen LogP contribution in [0.2, 0.25) is 0 Å². The minimum atomic E-state index is -0.469. The third-order valence-electron chi connectivity index (χ3n) is 5.52. The van der Waals surface area contributed by atoms with Gasteiger partial charge >= 0.3 is 0 Å². The zero-order valence-electron chi connectivity index (χ0n) is 17.9. The molecule has 0 saturated heterocycles. The molecule has 0 bridgehead atoms. The lowest BCUT2D eigenvalue weighted by Gasteiger charge is -2.19. The minimum Gasteiger partial charge on any atom is -0.349 e. The molecule has 0 spiro atoms. The first-order valence-corrected chi connectivity index (χ1v) is 12.3. The van der Waals surface area contributed by atoms with Gasteiger partial charge in [-0.15, -0.1) is 11.3 Å². The Kier molecular flexibility index (Phi) is 6.76. The summed E-state index contributed by atoms with van der Waals surface area (Å²) in [7, 11) is 0. The van der Waals surface area contributed by atoms with Crippen molar-refractivity contribution >= 4 is 45.4 Å². The number of amides is 2. The van der Waals surface area contributed by atoms with Crippen LogP contribution in [0.5, 0.6) is 0 Å². The second-order valence-corrected chi connectivity index (χ2v) is 9.77. The fourth-order valence-electron chi connectivity index (χ4n) is 3.42. The van der Waals surface area contributed by atoms with E-state index in [0.717, 1.165) is 22.7 Å². The summed E-state index contributed by atoms with van der Waals surface area (Å²) in [6.45, 7) is 4.11. The third kappa shape index (κ3) is 4.94. The first-order chi connectivity index (χ1) is 15.4. The summed E-state index contributed by atoms with van der Waals surface area (Å²) in [5.41, 5.74) is 2.50. The lowest BCUT2D eigenvalue weighted by atomic mass is 9.89. The van der Waals surface area contributed by atoms with E-state index in [1.54, 1.807) is 0 Å². The van der Waals surface area contributed by atoms with Crippen LogP contribution in [0.25, 0.3) is 11.3 Å². The van der Waals surface area contributed by atoms with Crippen LogP contribution in [0.15, 0.2) is 35.7 Å². The Hall–Kier alpha value is -2.91. The van der Waals surface area contributed by atoms with Crippen molar-refractivity contribution in [2.24, 2.45) is 11.8 Å². The van der Waals surface area contributed by atoms with Gasteiger partial charge in [-0.05, 0) is 6.42 Å². The van der Waals surface area contributed by atoms with E-state index in [1.165, 1.54) is 22.7 Å². The number of thiazole rings is 2.